The zero-order valence-electron chi connectivity index (χ0n) is 17.4. The number of non-ortho nitro benzene ring substituents is 1. The van der Waals surface area contributed by atoms with E-state index in [1.165, 1.54) is 18.2 Å². The molecule has 166 valence electrons. The first-order valence-corrected chi connectivity index (χ1v) is 10.1. The van der Waals surface area contributed by atoms with E-state index in [0.29, 0.717) is 34.1 Å². The van der Waals surface area contributed by atoms with Crippen LogP contribution in [0.5, 0.6) is 0 Å². The fourth-order valence-corrected chi connectivity index (χ4v) is 3.28. The normalized spacial score (nSPS) is 10.7. The van der Waals surface area contributed by atoms with Crippen molar-refractivity contribution in [1.29, 1.82) is 0 Å². The highest BCUT2D eigenvalue weighted by Crippen LogP contribution is 2.30. The van der Waals surface area contributed by atoms with Crippen molar-refractivity contribution in [2.45, 2.75) is 0 Å². The van der Waals surface area contributed by atoms with Gasteiger partial charge in [-0.15, -0.1) is 0 Å². The molecule has 3 aromatic heterocycles. The molecule has 2 aromatic carbocycles. The number of hydrogen-bond acceptors (Lipinski definition) is 8. The average molecular weight is 453 g/mol. The van der Waals surface area contributed by atoms with Gasteiger partial charge in [0.2, 0.25) is 5.82 Å². The van der Waals surface area contributed by atoms with Gasteiger partial charge in [-0.05, 0) is 36.4 Å². The number of nitrogens with zero attached hydrogens (tertiary/aromatic N) is 4. The molecular weight excluding hydrogens is 438 g/mol. The van der Waals surface area contributed by atoms with Crippen molar-refractivity contribution >= 4 is 17.3 Å². The van der Waals surface area contributed by atoms with Crippen LogP contribution in [0.2, 0.25) is 0 Å². The van der Waals surface area contributed by atoms with E-state index in [2.05, 4.69) is 20.4 Å². The van der Waals surface area contributed by atoms with Crippen LogP contribution in [0.25, 0.3) is 34.3 Å². The molecule has 0 aliphatic rings. The molecule has 10 heteroatoms. The second-order valence-electron chi connectivity index (χ2n) is 7.11. The summed E-state index contributed by atoms with van der Waals surface area (Å²) in [6, 6.07) is 21.4. The lowest BCUT2D eigenvalue weighted by Crippen LogP contribution is -2.11. The number of pyridine rings is 1. The summed E-state index contributed by atoms with van der Waals surface area (Å²) in [7, 11) is 0. The molecule has 0 aliphatic carbocycles. The molecule has 1 amide bonds. The van der Waals surface area contributed by atoms with E-state index in [9.17, 15) is 14.9 Å². The van der Waals surface area contributed by atoms with Crippen molar-refractivity contribution in [1.82, 2.24) is 15.1 Å². The van der Waals surface area contributed by atoms with Crippen molar-refractivity contribution < 1.29 is 18.7 Å². The fourth-order valence-electron chi connectivity index (χ4n) is 3.28. The van der Waals surface area contributed by atoms with Crippen LogP contribution in [-0.2, 0) is 0 Å². The van der Waals surface area contributed by atoms with Gasteiger partial charge in [0.15, 0.2) is 5.76 Å². The zero-order valence-corrected chi connectivity index (χ0v) is 17.4. The highest BCUT2D eigenvalue weighted by molar-refractivity contribution is 6.04. The number of amides is 1. The van der Waals surface area contributed by atoms with Crippen LogP contribution in [0.1, 0.15) is 10.6 Å². The number of para-hydroxylation sites is 1. The summed E-state index contributed by atoms with van der Waals surface area (Å²) in [4.78, 5) is 32.0. The van der Waals surface area contributed by atoms with Gasteiger partial charge in [0.05, 0.1) is 16.2 Å². The Hall–Kier alpha value is -5.12. The largest absolute Gasteiger partial charge is 0.451 e. The number of nitro groups is 1. The van der Waals surface area contributed by atoms with Crippen LogP contribution in [0, 0.1) is 10.1 Å². The molecule has 3 heterocycles. The number of hydrogen-bond donors (Lipinski definition) is 1. The first kappa shape index (κ1) is 20.8. The Morgan fingerprint density at radius 1 is 0.971 bits per heavy atom. The van der Waals surface area contributed by atoms with Gasteiger partial charge in [-0.3, -0.25) is 19.9 Å². The number of aromatic nitrogens is 3. The predicted molar refractivity (Wildman–Crippen MR) is 122 cm³/mol. The Labute approximate surface area is 192 Å². The van der Waals surface area contributed by atoms with E-state index in [0.717, 1.165) is 0 Å². The minimum Gasteiger partial charge on any atom is -0.451 e. The van der Waals surface area contributed by atoms with Crippen molar-refractivity contribution in [2.75, 3.05) is 5.32 Å². The number of anilines is 1. The molecule has 0 spiro atoms. The Balaban J connectivity index is 1.38. The van der Waals surface area contributed by atoms with Crippen LogP contribution in [0.15, 0.2) is 94.0 Å². The predicted octanol–water partition coefficient (Wildman–Crippen LogP) is 5.22. The van der Waals surface area contributed by atoms with Crippen LogP contribution in [0.3, 0.4) is 0 Å². The maximum Gasteiger partial charge on any atom is 0.291 e. The molecule has 0 atom stereocenters. The lowest BCUT2D eigenvalue weighted by atomic mass is 10.1. The molecule has 1 N–H and O–H groups in total. The van der Waals surface area contributed by atoms with Crippen LogP contribution in [-0.4, -0.2) is 26.0 Å². The third-order valence-corrected chi connectivity index (χ3v) is 4.90. The molecule has 34 heavy (non-hydrogen) atoms. The van der Waals surface area contributed by atoms with Gasteiger partial charge in [0, 0.05) is 23.9 Å². The van der Waals surface area contributed by atoms with Crippen molar-refractivity contribution in [3.05, 3.63) is 101 Å². The third-order valence-electron chi connectivity index (χ3n) is 4.90. The van der Waals surface area contributed by atoms with Crippen LogP contribution in [0.4, 0.5) is 11.4 Å². The van der Waals surface area contributed by atoms with Gasteiger partial charge in [-0.1, -0.05) is 35.5 Å². The van der Waals surface area contributed by atoms with E-state index in [-0.39, 0.29) is 17.3 Å². The van der Waals surface area contributed by atoms with Gasteiger partial charge in [-0.25, -0.2) is 0 Å². The first-order valence-electron chi connectivity index (χ1n) is 10.1. The smallest absolute Gasteiger partial charge is 0.291 e. The second kappa shape index (κ2) is 8.79. The summed E-state index contributed by atoms with van der Waals surface area (Å²) in [5, 5.41) is 17.8. The van der Waals surface area contributed by atoms with Crippen molar-refractivity contribution in [3.63, 3.8) is 0 Å². The quantitative estimate of drug-likeness (QED) is 0.273. The van der Waals surface area contributed by atoms with Crippen LogP contribution < -0.4 is 5.32 Å². The highest BCUT2D eigenvalue weighted by atomic mass is 16.6. The minimum atomic E-state index is -0.506. The molecule has 5 rings (SSSR count). The molecular formula is C24H15N5O5. The van der Waals surface area contributed by atoms with Gasteiger partial charge in [-0.2, -0.15) is 4.98 Å². The number of benzene rings is 2. The molecule has 0 aliphatic heterocycles. The maximum atomic E-state index is 12.9. The number of rotatable bonds is 6. The van der Waals surface area contributed by atoms with Gasteiger partial charge < -0.3 is 14.3 Å². The van der Waals surface area contributed by atoms with Crippen molar-refractivity contribution in [3.8, 4) is 34.3 Å². The van der Waals surface area contributed by atoms with E-state index < -0.39 is 10.8 Å². The zero-order chi connectivity index (χ0) is 23.5. The summed E-state index contributed by atoms with van der Waals surface area (Å²) in [6.07, 6.45) is 1.63. The van der Waals surface area contributed by atoms with E-state index in [1.807, 2.05) is 6.07 Å². The summed E-state index contributed by atoms with van der Waals surface area (Å²) in [5.74, 6) is 0.404. The fraction of sp³-hybridized carbons (Fsp3) is 0. The lowest BCUT2D eigenvalue weighted by molar-refractivity contribution is -0.384. The molecule has 0 radical (unpaired) electrons. The Morgan fingerprint density at radius 2 is 1.82 bits per heavy atom. The average Bonchev–Trinajstić information content (AvgIpc) is 3.56. The van der Waals surface area contributed by atoms with E-state index in [4.69, 9.17) is 8.94 Å². The number of nitrogens with one attached hydrogen (secondary N) is 1. The Bertz CT molecular complexity index is 1490. The molecule has 0 unspecified atom stereocenters. The number of furan rings is 1. The molecule has 0 saturated heterocycles. The number of nitro benzene ring substituents is 1. The van der Waals surface area contributed by atoms with Gasteiger partial charge >= 0.3 is 0 Å². The second-order valence-corrected chi connectivity index (χ2v) is 7.11. The standard InChI is InChI=1S/C24H15N5O5/c30-23(21-12-11-20(33-21)15-6-5-7-16(14-15)29(31)32)26-18-9-2-1-8-17(18)24-27-22(28-34-24)19-10-3-4-13-25-19/h1-14H,(H,26,30). The van der Waals surface area contributed by atoms with E-state index in [1.54, 1.807) is 60.8 Å². The summed E-state index contributed by atoms with van der Waals surface area (Å²) in [6.45, 7) is 0. The molecule has 0 bridgehead atoms. The van der Waals surface area contributed by atoms with E-state index >= 15 is 0 Å². The molecule has 0 fully saturated rings. The minimum absolute atomic E-state index is 0.0380. The molecule has 5 aromatic rings. The summed E-state index contributed by atoms with van der Waals surface area (Å²) in [5.41, 5.74) is 1.94. The summed E-state index contributed by atoms with van der Waals surface area (Å²) >= 11 is 0. The number of carbonyl (C=O) groups excluding carboxylic acids is 1. The monoisotopic (exact) mass is 453 g/mol. The highest BCUT2D eigenvalue weighted by Gasteiger charge is 2.19. The topological polar surface area (TPSA) is 137 Å². The molecule has 0 saturated carbocycles. The Morgan fingerprint density at radius 3 is 2.65 bits per heavy atom. The van der Waals surface area contributed by atoms with Gasteiger partial charge in [0.25, 0.3) is 17.5 Å². The van der Waals surface area contributed by atoms with Crippen molar-refractivity contribution in [2.24, 2.45) is 0 Å². The number of carbonyl (C=O) groups is 1. The lowest BCUT2D eigenvalue weighted by Gasteiger charge is -2.07. The Kier molecular flexibility index (Phi) is 5.37. The molecule has 10 nitrogen and oxygen atoms in total. The SMILES string of the molecule is O=C(Nc1ccccc1-c1nc(-c2ccccn2)no1)c1ccc(-c2cccc([N+](=O)[O-])c2)o1. The maximum absolute atomic E-state index is 12.9. The first-order chi connectivity index (χ1) is 16.6. The summed E-state index contributed by atoms with van der Waals surface area (Å²) < 4.78 is 11.0. The van der Waals surface area contributed by atoms with Crippen LogP contribution >= 0.6 is 0 Å². The third kappa shape index (κ3) is 4.15. The van der Waals surface area contributed by atoms with Gasteiger partial charge in [0.1, 0.15) is 11.5 Å².